The van der Waals surface area contributed by atoms with E-state index in [0.717, 1.165) is 0 Å². The zero-order valence-corrected chi connectivity index (χ0v) is 7.14. The van der Waals surface area contributed by atoms with Gasteiger partial charge in [-0.3, -0.25) is 24.2 Å². The average molecular weight is 215 g/mol. The summed E-state index contributed by atoms with van der Waals surface area (Å²) in [4.78, 5) is 10.1. The van der Waals surface area contributed by atoms with Gasteiger partial charge in [0.05, 0.1) is 9.82 Å². The number of rotatable bonds is 1. The van der Waals surface area contributed by atoms with Gasteiger partial charge >= 0.3 is 0 Å². The fourth-order valence-electron chi connectivity index (χ4n) is 0.619. The largest absolute Gasteiger partial charge is 0.282 e. The third-order valence-electron chi connectivity index (χ3n) is 1.08. The number of halogens is 3. The molecule has 0 unspecified atom stereocenters. The first-order valence-electron chi connectivity index (χ1n) is 2.64. The molecular formula is C6H8F3NO2S. The molecule has 0 saturated carbocycles. The van der Waals surface area contributed by atoms with Gasteiger partial charge in [0.1, 0.15) is 0 Å². The SMILES string of the molecule is F.F.F.O=[N+]([O-])c1ccccc1S. The molecule has 76 valence electrons. The van der Waals surface area contributed by atoms with Gasteiger partial charge in [-0.2, -0.15) is 0 Å². The molecule has 0 amide bonds. The maximum Gasteiger partial charge on any atom is 0.282 e. The molecule has 1 aromatic rings. The summed E-state index contributed by atoms with van der Waals surface area (Å²) in [5.41, 5.74) is 0.0471. The normalized spacial score (nSPS) is 7.15. The van der Waals surface area contributed by atoms with E-state index in [2.05, 4.69) is 12.6 Å². The summed E-state index contributed by atoms with van der Waals surface area (Å²) in [6.07, 6.45) is 0. The van der Waals surface area contributed by atoms with Crippen molar-refractivity contribution in [3.8, 4) is 0 Å². The molecule has 0 atom stereocenters. The van der Waals surface area contributed by atoms with Crippen molar-refractivity contribution >= 4 is 18.3 Å². The van der Waals surface area contributed by atoms with Crippen LogP contribution in [0.4, 0.5) is 19.8 Å². The Balaban J connectivity index is -0.000000333. The standard InChI is InChI=1S/C6H5NO2S.3FH/c8-7(9)5-3-1-2-4-6(5)10;;;/h1-4,10H;3*1H. The highest BCUT2D eigenvalue weighted by atomic mass is 32.1. The lowest BCUT2D eigenvalue weighted by Gasteiger charge is -1.91. The fraction of sp³-hybridized carbons (Fsp3) is 0. The van der Waals surface area contributed by atoms with Crippen molar-refractivity contribution in [2.24, 2.45) is 0 Å². The zero-order valence-electron chi connectivity index (χ0n) is 6.25. The van der Waals surface area contributed by atoms with Gasteiger partial charge in [-0.25, -0.2) is 0 Å². The van der Waals surface area contributed by atoms with E-state index in [-0.39, 0.29) is 19.8 Å². The Labute approximate surface area is 77.4 Å². The first kappa shape index (κ1) is 17.7. The van der Waals surface area contributed by atoms with Gasteiger partial charge in [0.2, 0.25) is 0 Å². The van der Waals surface area contributed by atoms with Crippen LogP contribution in [-0.4, -0.2) is 4.92 Å². The quantitative estimate of drug-likeness (QED) is 0.444. The van der Waals surface area contributed by atoms with E-state index in [1.165, 1.54) is 6.07 Å². The number of thiol groups is 1. The lowest BCUT2D eigenvalue weighted by atomic mass is 10.3. The monoisotopic (exact) mass is 215 g/mol. The Morgan fingerprint density at radius 1 is 1.15 bits per heavy atom. The van der Waals surface area contributed by atoms with Crippen LogP contribution in [-0.2, 0) is 0 Å². The smallest absolute Gasteiger partial charge is 0.269 e. The van der Waals surface area contributed by atoms with Gasteiger partial charge in [-0.1, -0.05) is 12.1 Å². The molecule has 1 aromatic carbocycles. The van der Waals surface area contributed by atoms with Crippen molar-refractivity contribution in [3.05, 3.63) is 34.4 Å². The van der Waals surface area contributed by atoms with E-state index in [9.17, 15) is 10.1 Å². The summed E-state index contributed by atoms with van der Waals surface area (Å²) in [5.74, 6) is 0. The molecule has 0 aromatic heterocycles. The second-order valence-electron chi connectivity index (χ2n) is 1.75. The lowest BCUT2D eigenvalue weighted by Crippen LogP contribution is -1.87. The van der Waals surface area contributed by atoms with E-state index >= 15 is 0 Å². The molecule has 0 aliphatic carbocycles. The minimum absolute atomic E-state index is 0. The summed E-state index contributed by atoms with van der Waals surface area (Å²) < 4.78 is 0. The predicted molar refractivity (Wildman–Crippen MR) is 47.9 cm³/mol. The van der Waals surface area contributed by atoms with E-state index in [0.29, 0.717) is 4.90 Å². The molecule has 3 nitrogen and oxygen atoms in total. The van der Waals surface area contributed by atoms with Crippen LogP contribution < -0.4 is 0 Å². The molecule has 0 fully saturated rings. The van der Waals surface area contributed by atoms with Gasteiger partial charge in [0.25, 0.3) is 5.69 Å². The van der Waals surface area contributed by atoms with Crippen LogP contribution in [0.15, 0.2) is 29.2 Å². The van der Waals surface area contributed by atoms with Crippen LogP contribution in [0.5, 0.6) is 0 Å². The van der Waals surface area contributed by atoms with Gasteiger partial charge in [0, 0.05) is 6.07 Å². The highest BCUT2D eigenvalue weighted by Gasteiger charge is 2.06. The van der Waals surface area contributed by atoms with Crippen LogP contribution >= 0.6 is 12.6 Å². The first-order valence-corrected chi connectivity index (χ1v) is 3.09. The summed E-state index contributed by atoms with van der Waals surface area (Å²) >= 11 is 3.90. The Morgan fingerprint density at radius 2 is 1.62 bits per heavy atom. The third-order valence-corrected chi connectivity index (χ3v) is 1.46. The van der Waals surface area contributed by atoms with E-state index < -0.39 is 4.92 Å². The summed E-state index contributed by atoms with van der Waals surface area (Å²) in [6, 6.07) is 6.32. The van der Waals surface area contributed by atoms with Crippen molar-refractivity contribution < 1.29 is 19.0 Å². The molecule has 0 bridgehead atoms. The van der Waals surface area contributed by atoms with Crippen molar-refractivity contribution in [3.63, 3.8) is 0 Å². The second kappa shape index (κ2) is 7.41. The summed E-state index contributed by atoms with van der Waals surface area (Å²) in [6.45, 7) is 0. The van der Waals surface area contributed by atoms with Crippen LogP contribution in [0.1, 0.15) is 0 Å². The minimum Gasteiger partial charge on any atom is -0.269 e. The number of nitrogens with zero attached hydrogens (tertiary/aromatic N) is 1. The van der Waals surface area contributed by atoms with E-state index in [1.54, 1.807) is 18.2 Å². The number of para-hydroxylation sites is 1. The van der Waals surface area contributed by atoms with Gasteiger partial charge < -0.3 is 0 Å². The molecular weight excluding hydrogens is 207 g/mol. The van der Waals surface area contributed by atoms with Crippen LogP contribution in [0, 0.1) is 10.1 Å². The Hall–Kier alpha value is -1.24. The fourth-order valence-corrected chi connectivity index (χ4v) is 0.861. The van der Waals surface area contributed by atoms with Gasteiger partial charge in [0.15, 0.2) is 0 Å². The molecule has 0 N–H and O–H groups in total. The van der Waals surface area contributed by atoms with E-state index in [1.807, 2.05) is 0 Å². The maximum atomic E-state index is 10.2. The minimum atomic E-state index is -0.456. The number of nitro groups is 1. The molecule has 13 heavy (non-hydrogen) atoms. The molecule has 7 heteroatoms. The Bertz CT molecular complexity index is 272. The Morgan fingerprint density at radius 3 is 1.92 bits per heavy atom. The highest BCUT2D eigenvalue weighted by Crippen LogP contribution is 2.20. The second-order valence-corrected chi connectivity index (χ2v) is 2.23. The predicted octanol–water partition coefficient (Wildman–Crippen LogP) is 2.34. The molecule has 0 aliphatic rings. The van der Waals surface area contributed by atoms with Gasteiger partial charge in [-0.15, -0.1) is 12.6 Å². The van der Waals surface area contributed by atoms with Crippen molar-refractivity contribution in [1.29, 1.82) is 0 Å². The van der Waals surface area contributed by atoms with Crippen LogP contribution in [0.2, 0.25) is 0 Å². The van der Waals surface area contributed by atoms with Crippen molar-refractivity contribution in [2.75, 3.05) is 0 Å². The Kier molecular flexibility index (Phi) is 10.1. The molecule has 0 heterocycles. The molecule has 1 rings (SSSR count). The molecule has 0 spiro atoms. The number of nitro benzene ring substituents is 1. The highest BCUT2D eigenvalue weighted by molar-refractivity contribution is 7.80. The molecule has 0 saturated heterocycles. The molecule has 0 radical (unpaired) electrons. The molecule has 0 aliphatic heterocycles. The van der Waals surface area contributed by atoms with Crippen LogP contribution in [0.3, 0.4) is 0 Å². The van der Waals surface area contributed by atoms with Crippen LogP contribution in [0.25, 0.3) is 0 Å². The zero-order chi connectivity index (χ0) is 7.56. The number of benzene rings is 1. The maximum absolute atomic E-state index is 10.2. The topological polar surface area (TPSA) is 43.1 Å². The third kappa shape index (κ3) is 4.36. The van der Waals surface area contributed by atoms with E-state index in [4.69, 9.17) is 0 Å². The average Bonchev–Trinajstić information content (AvgIpc) is 1.88. The first-order chi connectivity index (χ1) is 4.72. The van der Waals surface area contributed by atoms with Crippen molar-refractivity contribution in [2.45, 2.75) is 4.90 Å². The lowest BCUT2D eigenvalue weighted by molar-refractivity contribution is -0.387. The summed E-state index contributed by atoms with van der Waals surface area (Å²) in [5, 5.41) is 10.2. The van der Waals surface area contributed by atoms with Gasteiger partial charge in [-0.05, 0) is 6.07 Å². The number of hydrogen-bond donors (Lipinski definition) is 1. The van der Waals surface area contributed by atoms with Crippen molar-refractivity contribution in [1.82, 2.24) is 0 Å². The summed E-state index contributed by atoms with van der Waals surface area (Å²) in [7, 11) is 0. The number of hydrogen-bond acceptors (Lipinski definition) is 3.